The van der Waals surface area contributed by atoms with Crippen LogP contribution in [0.5, 0.6) is 0 Å². The highest BCUT2D eigenvalue weighted by Gasteiger charge is 2.30. The van der Waals surface area contributed by atoms with Crippen LogP contribution in [0, 0.1) is 0 Å². The van der Waals surface area contributed by atoms with Gasteiger partial charge in [-0.15, -0.1) is 0 Å². The quantitative estimate of drug-likeness (QED) is 0.765. The summed E-state index contributed by atoms with van der Waals surface area (Å²) in [5, 5.41) is 10.5. The molecule has 6 heteroatoms. The molecular formula is C13H20N4O2. The van der Waals surface area contributed by atoms with Crippen molar-refractivity contribution in [1.82, 2.24) is 20.4 Å². The number of hydrogen-bond acceptors (Lipinski definition) is 4. The maximum Gasteiger partial charge on any atom is 0.274 e. The van der Waals surface area contributed by atoms with Gasteiger partial charge < -0.3 is 15.0 Å². The molecule has 3 heterocycles. The van der Waals surface area contributed by atoms with E-state index < -0.39 is 0 Å². The van der Waals surface area contributed by atoms with Gasteiger partial charge in [-0.25, -0.2) is 0 Å². The molecule has 1 aromatic heterocycles. The van der Waals surface area contributed by atoms with Crippen LogP contribution in [0.2, 0.25) is 0 Å². The van der Waals surface area contributed by atoms with Crippen molar-refractivity contribution in [2.45, 2.75) is 39.0 Å². The standard InChI is InChI=1S/C13H20N4O2/c1-8-6-17(7-9(2)19-8)13(18)12-10-5-14-4-3-11(10)15-16-12/h8-9,14H,3-7H2,1-2H3,(H,15,16). The fourth-order valence-electron chi connectivity index (χ4n) is 2.90. The predicted octanol–water partition coefficient (Wildman–Crippen LogP) is 0.305. The number of amides is 1. The predicted molar refractivity (Wildman–Crippen MR) is 69.9 cm³/mol. The Hall–Kier alpha value is -1.40. The monoisotopic (exact) mass is 264 g/mol. The molecule has 0 aliphatic carbocycles. The lowest BCUT2D eigenvalue weighted by atomic mass is 10.1. The van der Waals surface area contributed by atoms with E-state index >= 15 is 0 Å². The largest absolute Gasteiger partial charge is 0.372 e. The van der Waals surface area contributed by atoms with Crippen LogP contribution in [-0.4, -0.2) is 52.8 Å². The Labute approximate surface area is 112 Å². The first-order valence-electron chi connectivity index (χ1n) is 6.86. The van der Waals surface area contributed by atoms with E-state index in [1.54, 1.807) is 0 Å². The summed E-state index contributed by atoms with van der Waals surface area (Å²) in [6.45, 7) is 6.93. The van der Waals surface area contributed by atoms with Crippen molar-refractivity contribution in [2.75, 3.05) is 19.6 Å². The van der Waals surface area contributed by atoms with E-state index in [4.69, 9.17) is 4.74 Å². The van der Waals surface area contributed by atoms with Crippen LogP contribution >= 0.6 is 0 Å². The van der Waals surface area contributed by atoms with Crippen LogP contribution in [-0.2, 0) is 17.7 Å². The van der Waals surface area contributed by atoms with E-state index in [9.17, 15) is 4.79 Å². The van der Waals surface area contributed by atoms with Crippen molar-refractivity contribution in [3.8, 4) is 0 Å². The highest BCUT2D eigenvalue weighted by atomic mass is 16.5. The first kappa shape index (κ1) is 12.6. The fraction of sp³-hybridized carbons (Fsp3) is 0.692. The summed E-state index contributed by atoms with van der Waals surface area (Å²) in [4.78, 5) is 14.4. The van der Waals surface area contributed by atoms with Gasteiger partial charge in [-0.05, 0) is 13.8 Å². The molecule has 19 heavy (non-hydrogen) atoms. The first-order valence-corrected chi connectivity index (χ1v) is 6.86. The minimum absolute atomic E-state index is 0.0169. The van der Waals surface area contributed by atoms with Crippen LogP contribution in [0.1, 0.15) is 35.6 Å². The average Bonchev–Trinajstić information content (AvgIpc) is 2.80. The molecule has 6 nitrogen and oxygen atoms in total. The molecule has 1 fully saturated rings. The fourth-order valence-corrected chi connectivity index (χ4v) is 2.90. The number of hydrogen-bond donors (Lipinski definition) is 2. The van der Waals surface area contributed by atoms with Crippen molar-refractivity contribution in [1.29, 1.82) is 0 Å². The zero-order chi connectivity index (χ0) is 13.4. The lowest BCUT2D eigenvalue weighted by Gasteiger charge is -2.35. The molecule has 2 N–H and O–H groups in total. The number of H-pyrrole nitrogens is 1. The number of nitrogens with zero attached hydrogens (tertiary/aromatic N) is 2. The van der Waals surface area contributed by atoms with E-state index in [2.05, 4.69) is 15.5 Å². The highest BCUT2D eigenvalue weighted by molar-refractivity contribution is 5.94. The number of carbonyl (C=O) groups is 1. The summed E-state index contributed by atoms with van der Waals surface area (Å²) in [5.41, 5.74) is 2.70. The summed E-state index contributed by atoms with van der Waals surface area (Å²) < 4.78 is 5.66. The highest BCUT2D eigenvalue weighted by Crippen LogP contribution is 2.19. The van der Waals surface area contributed by atoms with Gasteiger partial charge in [0.05, 0.1) is 12.2 Å². The van der Waals surface area contributed by atoms with Gasteiger partial charge in [-0.1, -0.05) is 0 Å². The van der Waals surface area contributed by atoms with Crippen LogP contribution < -0.4 is 5.32 Å². The average molecular weight is 264 g/mol. The second kappa shape index (κ2) is 4.94. The third-order valence-electron chi connectivity index (χ3n) is 3.72. The Morgan fingerprint density at radius 3 is 2.84 bits per heavy atom. The van der Waals surface area contributed by atoms with E-state index in [1.807, 2.05) is 18.7 Å². The molecule has 2 atom stereocenters. The number of fused-ring (bicyclic) bond motifs is 1. The third kappa shape index (κ3) is 2.37. The van der Waals surface area contributed by atoms with Gasteiger partial charge in [0.1, 0.15) is 0 Å². The maximum atomic E-state index is 12.6. The summed E-state index contributed by atoms with van der Waals surface area (Å²) in [5.74, 6) is 0.0169. The SMILES string of the molecule is CC1CN(C(=O)c2n[nH]c3c2CNCC3)CC(C)O1. The molecule has 104 valence electrons. The Bertz CT molecular complexity index is 475. The van der Waals surface area contributed by atoms with Crippen LogP contribution in [0.3, 0.4) is 0 Å². The summed E-state index contributed by atoms with van der Waals surface area (Å²) in [6, 6.07) is 0. The van der Waals surface area contributed by atoms with Crippen LogP contribution in [0.15, 0.2) is 0 Å². The minimum atomic E-state index is 0.0169. The van der Waals surface area contributed by atoms with E-state index in [0.29, 0.717) is 18.8 Å². The number of morpholine rings is 1. The molecule has 0 spiro atoms. The Morgan fingerprint density at radius 2 is 2.11 bits per heavy atom. The number of nitrogens with one attached hydrogen (secondary N) is 2. The van der Waals surface area contributed by atoms with Crippen molar-refractivity contribution in [3.05, 3.63) is 17.0 Å². The number of aromatic nitrogens is 2. The van der Waals surface area contributed by atoms with Crippen molar-refractivity contribution >= 4 is 5.91 Å². The Balaban J connectivity index is 1.82. The molecule has 0 radical (unpaired) electrons. The van der Waals surface area contributed by atoms with E-state index in [-0.39, 0.29) is 18.1 Å². The van der Waals surface area contributed by atoms with E-state index in [1.165, 1.54) is 0 Å². The molecule has 0 aromatic carbocycles. The molecule has 1 aromatic rings. The van der Waals surface area contributed by atoms with E-state index in [0.717, 1.165) is 30.8 Å². The molecule has 3 rings (SSSR count). The van der Waals surface area contributed by atoms with Crippen LogP contribution in [0.25, 0.3) is 0 Å². The Kier molecular flexibility index (Phi) is 3.28. The van der Waals surface area contributed by atoms with Crippen molar-refractivity contribution in [2.24, 2.45) is 0 Å². The summed E-state index contributed by atoms with van der Waals surface area (Å²) in [6.07, 6.45) is 1.08. The number of rotatable bonds is 1. The van der Waals surface area contributed by atoms with Crippen LogP contribution in [0.4, 0.5) is 0 Å². The zero-order valence-electron chi connectivity index (χ0n) is 11.4. The van der Waals surface area contributed by atoms with Gasteiger partial charge in [-0.3, -0.25) is 9.89 Å². The molecule has 0 bridgehead atoms. The molecule has 1 amide bonds. The zero-order valence-corrected chi connectivity index (χ0v) is 11.4. The molecule has 2 aliphatic heterocycles. The van der Waals surface area contributed by atoms with Gasteiger partial charge in [0.2, 0.25) is 0 Å². The van der Waals surface area contributed by atoms with Crippen molar-refractivity contribution in [3.63, 3.8) is 0 Å². The van der Waals surface area contributed by atoms with Crippen molar-refractivity contribution < 1.29 is 9.53 Å². The summed E-state index contributed by atoms with van der Waals surface area (Å²) in [7, 11) is 0. The number of ether oxygens (including phenoxy) is 1. The van der Waals surface area contributed by atoms with Gasteiger partial charge >= 0.3 is 0 Å². The maximum absolute atomic E-state index is 12.6. The second-order valence-corrected chi connectivity index (χ2v) is 5.42. The lowest BCUT2D eigenvalue weighted by molar-refractivity contribution is -0.0587. The van der Waals surface area contributed by atoms with Gasteiger partial charge in [0.25, 0.3) is 5.91 Å². The number of aromatic amines is 1. The minimum Gasteiger partial charge on any atom is -0.372 e. The number of carbonyl (C=O) groups excluding carboxylic acids is 1. The normalized spacial score (nSPS) is 27.2. The first-order chi connectivity index (χ1) is 9.15. The molecule has 2 unspecified atom stereocenters. The molecular weight excluding hydrogens is 244 g/mol. The van der Waals surface area contributed by atoms with Gasteiger partial charge in [0, 0.05) is 43.9 Å². The summed E-state index contributed by atoms with van der Waals surface area (Å²) >= 11 is 0. The lowest BCUT2D eigenvalue weighted by Crippen LogP contribution is -2.48. The molecule has 0 saturated carbocycles. The smallest absolute Gasteiger partial charge is 0.274 e. The molecule has 2 aliphatic rings. The Morgan fingerprint density at radius 1 is 1.37 bits per heavy atom. The molecule has 1 saturated heterocycles. The topological polar surface area (TPSA) is 70.2 Å². The van der Waals surface area contributed by atoms with Gasteiger partial charge in [0.15, 0.2) is 5.69 Å². The van der Waals surface area contributed by atoms with Gasteiger partial charge in [-0.2, -0.15) is 5.10 Å². The second-order valence-electron chi connectivity index (χ2n) is 5.42. The third-order valence-corrected chi connectivity index (χ3v) is 3.72.